The van der Waals surface area contributed by atoms with Crippen LogP contribution >= 0.6 is 15.9 Å². The molecule has 0 saturated carbocycles. The first-order valence-corrected chi connectivity index (χ1v) is 6.26. The Balaban J connectivity index is 2.12. The lowest BCUT2D eigenvalue weighted by Gasteiger charge is -2.32. The van der Waals surface area contributed by atoms with Gasteiger partial charge in [-0.1, -0.05) is 6.08 Å². The molecule has 2 rings (SSSR count). The fourth-order valence-corrected chi connectivity index (χ4v) is 2.09. The molecule has 0 aromatic rings. The summed E-state index contributed by atoms with van der Waals surface area (Å²) in [4.78, 5) is 2.04. The van der Waals surface area contributed by atoms with E-state index in [9.17, 15) is 0 Å². The zero-order valence-electron chi connectivity index (χ0n) is 10.2. The summed E-state index contributed by atoms with van der Waals surface area (Å²) in [6.45, 7) is 9.06. The van der Waals surface area contributed by atoms with Gasteiger partial charge in [-0.3, -0.25) is 0 Å². The number of allylic oxidation sites excluding steroid dienone is 2. The molecule has 0 unspecified atom stereocenters. The number of hydrogen-bond acceptors (Lipinski definition) is 3. The summed E-state index contributed by atoms with van der Waals surface area (Å²) < 4.78 is 12.9. The van der Waals surface area contributed by atoms with Crippen LogP contribution in [0.3, 0.4) is 0 Å². The molecule has 0 atom stereocenters. The second-order valence-electron chi connectivity index (χ2n) is 5.18. The van der Waals surface area contributed by atoms with E-state index in [0.717, 1.165) is 11.0 Å². The molecule has 88 valence electrons. The van der Waals surface area contributed by atoms with Crippen LogP contribution in [0.4, 0.5) is 0 Å². The van der Waals surface area contributed by atoms with Crippen molar-refractivity contribution in [3.8, 4) is 0 Å². The highest BCUT2D eigenvalue weighted by Crippen LogP contribution is 2.38. The van der Waals surface area contributed by atoms with Crippen LogP contribution in [0.25, 0.3) is 0 Å². The van der Waals surface area contributed by atoms with Crippen LogP contribution in [0, 0.1) is 0 Å². The normalized spacial score (nSPS) is 27.2. The van der Waals surface area contributed by atoms with Crippen LogP contribution in [0.5, 0.6) is 0 Å². The lowest BCUT2D eigenvalue weighted by Crippen LogP contribution is -2.41. The van der Waals surface area contributed by atoms with Crippen LogP contribution < -0.4 is 0 Å². The van der Waals surface area contributed by atoms with Gasteiger partial charge in [0.15, 0.2) is 0 Å². The number of rotatable bonds is 1. The van der Waals surface area contributed by atoms with Crippen molar-refractivity contribution in [1.82, 2.24) is 4.81 Å². The SMILES string of the molecule is CC1(C)OB(N2C=C(Br)C=CC2)OC1(C)C. The highest BCUT2D eigenvalue weighted by Gasteiger charge is 2.53. The first-order chi connectivity index (χ1) is 7.32. The third-order valence-electron chi connectivity index (χ3n) is 3.39. The van der Waals surface area contributed by atoms with Crippen LogP contribution in [0.2, 0.25) is 0 Å². The van der Waals surface area contributed by atoms with Gasteiger partial charge in [-0.2, -0.15) is 0 Å². The van der Waals surface area contributed by atoms with E-state index >= 15 is 0 Å². The van der Waals surface area contributed by atoms with Crippen molar-refractivity contribution in [1.29, 1.82) is 0 Å². The van der Waals surface area contributed by atoms with E-state index in [1.165, 1.54) is 0 Å². The zero-order chi connectivity index (χ0) is 12.0. The van der Waals surface area contributed by atoms with Crippen molar-refractivity contribution in [2.75, 3.05) is 6.54 Å². The van der Waals surface area contributed by atoms with Crippen LogP contribution in [0.1, 0.15) is 27.7 Å². The fourth-order valence-electron chi connectivity index (χ4n) is 1.64. The molecular formula is C11H17BBrNO2. The Morgan fingerprint density at radius 2 is 1.81 bits per heavy atom. The molecule has 1 saturated heterocycles. The summed E-state index contributed by atoms with van der Waals surface area (Å²) in [5.41, 5.74) is -0.557. The first kappa shape index (κ1) is 12.2. The molecule has 0 amide bonds. The number of nitrogens with zero attached hydrogens (tertiary/aromatic N) is 1. The standard InChI is InChI=1S/C11H17BBrNO2/c1-10(2)11(3,4)16-12(15-10)14-7-5-6-9(13)8-14/h5-6,8H,7H2,1-4H3. The van der Waals surface area contributed by atoms with Gasteiger partial charge >= 0.3 is 7.25 Å². The number of hydrogen-bond donors (Lipinski definition) is 0. The van der Waals surface area contributed by atoms with E-state index in [2.05, 4.69) is 49.7 Å². The van der Waals surface area contributed by atoms with Crippen molar-refractivity contribution in [3.05, 3.63) is 22.8 Å². The van der Waals surface area contributed by atoms with E-state index in [1.54, 1.807) is 0 Å². The van der Waals surface area contributed by atoms with Crippen molar-refractivity contribution >= 4 is 23.2 Å². The van der Waals surface area contributed by atoms with Crippen LogP contribution in [0.15, 0.2) is 22.8 Å². The summed E-state index contributed by atoms with van der Waals surface area (Å²) in [6.07, 6.45) is 6.11. The highest BCUT2D eigenvalue weighted by molar-refractivity contribution is 9.11. The summed E-state index contributed by atoms with van der Waals surface area (Å²) in [6, 6.07) is 0. The van der Waals surface area contributed by atoms with Crippen molar-refractivity contribution in [3.63, 3.8) is 0 Å². The van der Waals surface area contributed by atoms with Gasteiger partial charge in [0.25, 0.3) is 0 Å². The summed E-state index contributed by atoms with van der Waals surface area (Å²) in [5.74, 6) is 0. The lowest BCUT2D eigenvalue weighted by molar-refractivity contribution is 0.00578. The monoisotopic (exact) mass is 285 g/mol. The molecule has 0 aromatic carbocycles. The predicted octanol–water partition coefficient (Wildman–Crippen LogP) is 2.68. The molecule has 2 aliphatic rings. The first-order valence-electron chi connectivity index (χ1n) is 5.47. The minimum Gasteiger partial charge on any atom is -0.384 e. The molecule has 0 spiro atoms. The fraction of sp³-hybridized carbons (Fsp3) is 0.636. The third-order valence-corrected chi connectivity index (χ3v) is 3.86. The Bertz CT molecular complexity index is 336. The van der Waals surface area contributed by atoms with Crippen LogP contribution in [-0.4, -0.2) is 29.8 Å². The van der Waals surface area contributed by atoms with Gasteiger partial charge in [-0.15, -0.1) is 0 Å². The third kappa shape index (κ3) is 2.08. The minimum atomic E-state index is -0.303. The molecule has 16 heavy (non-hydrogen) atoms. The summed E-state index contributed by atoms with van der Waals surface area (Å²) in [7, 11) is -0.303. The summed E-state index contributed by atoms with van der Waals surface area (Å²) >= 11 is 3.45. The molecule has 0 radical (unpaired) electrons. The average molecular weight is 286 g/mol. The van der Waals surface area contributed by atoms with Gasteiger partial charge in [0.05, 0.1) is 11.2 Å². The maximum Gasteiger partial charge on any atom is 0.594 e. The maximum absolute atomic E-state index is 5.96. The Morgan fingerprint density at radius 1 is 1.25 bits per heavy atom. The van der Waals surface area contributed by atoms with E-state index in [0.29, 0.717) is 0 Å². The molecule has 2 heterocycles. The smallest absolute Gasteiger partial charge is 0.384 e. The molecule has 5 heteroatoms. The molecule has 0 bridgehead atoms. The maximum atomic E-state index is 5.96. The van der Waals surface area contributed by atoms with Crippen molar-refractivity contribution in [2.24, 2.45) is 0 Å². The second kappa shape index (κ2) is 3.89. The second-order valence-corrected chi connectivity index (χ2v) is 6.09. The van der Waals surface area contributed by atoms with Gasteiger partial charge < -0.3 is 14.1 Å². The lowest BCUT2D eigenvalue weighted by atomic mass is 9.90. The predicted molar refractivity (Wildman–Crippen MR) is 68.9 cm³/mol. The average Bonchev–Trinajstić information content (AvgIpc) is 2.36. The molecular weight excluding hydrogens is 269 g/mol. The Morgan fingerprint density at radius 3 is 2.31 bits per heavy atom. The largest absolute Gasteiger partial charge is 0.594 e. The Labute approximate surface area is 106 Å². The van der Waals surface area contributed by atoms with Gasteiger partial charge in [-0.05, 0) is 49.7 Å². The van der Waals surface area contributed by atoms with Gasteiger partial charge in [0.1, 0.15) is 0 Å². The van der Waals surface area contributed by atoms with Gasteiger partial charge in [0.2, 0.25) is 0 Å². The molecule has 2 aliphatic heterocycles. The molecule has 0 N–H and O–H groups in total. The molecule has 3 nitrogen and oxygen atoms in total. The highest BCUT2D eigenvalue weighted by atomic mass is 79.9. The summed E-state index contributed by atoms with van der Waals surface area (Å²) in [5, 5.41) is 0. The Hall–Kier alpha value is -0.255. The zero-order valence-corrected chi connectivity index (χ0v) is 11.7. The molecule has 0 aliphatic carbocycles. The van der Waals surface area contributed by atoms with Crippen molar-refractivity contribution < 1.29 is 9.31 Å². The quantitative estimate of drug-likeness (QED) is 0.692. The van der Waals surface area contributed by atoms with Crippen LogP contribution in [-0.2, 0) is 9.31 Å². The van der Waals surface area contributed by atoms with E-state index in [4.69, 9.17) is 9.31 Å². The minimum absolute atomic E-state index is 0.279. The Kier molecular flexibility index (Phi) is 2.97. The van der Waals surface area contributed by atoms with Crippen molar-refractivity contribution in [2.45, 2.75) is 38.9 Å². The van der Waals surface area contributed by atoms with Gasteiger partial charge in [-0.25, -0.2) is 0 Å². The van der Waals surface area contributed by atoms with Gasteiger partial charge in [0, 0.05) is 17.2 Å². The van der Waals surface area contributed by atoms with E-state index in [-0.39, 0.29) is 18.5 Å². The van der Waals surface area contributed by atoms with E-state index in [1.807, 2.05) is 17.1 Å². The molecule has 1 fully saturated rings. The molecule has 0 aromatic heterocycles. The topological polar surface area (TPSA) is 21.7 Å². The van der Waals surface area contributed by atoms with E-state index < -0.39 is 0 Å². The number of halogens is 1.